The van der Waals surface area contributed by atoms with Crippen molar-refractivity contribution in [3.05, 3.63) is 0 Å². The fraction of sp³-hybridized carbons (Fsp3) is 1.00. The molecule has 1 aliphatic carbocycles. The topological polar surface area (TPSA) is 85.0 Å². The number of hydrogen-bond acceptors (Lipinski definition) is 8. The molecular formula is C35H74N4O4. The molecule has 0 radical (unpaired) electrons. The molecule has 43 heavy (non-hydrogen) atoms. The van der Waals surface area contributed by atoms with Gasteiger partial charge in [0.1, 0.15) is 12.2 Å². The van der Waals surface area contributed by atoms with E-state index in [4.69, 9.17) is 18.9 Å². The van der Waals surface area contributed by atoms with Crippen LogP contribution in [0, 0.1) is 11.8 Å². The third-order valence-corrected chi connectivity index (χ3v) is 7.86. The summed E-state index contributed by atoms with van der Waals surface area (Å²) in [6.45, 7) is 28.7. The van der Waals surface area contributed by atoms with Gasteiger partial charge in [-0.25, -0.2) is 0 Å². The lowest BCUT2D eigenvalue weighted by atomic mass is 9.79. The lowest BCUT2D eigenvalue weighted by Crippen LogP contribution is -2.59. The molecule has 8 nitrogen and oxygen atoms in total. The highest BCUT2D eigenvalue weighted by atomic mass is 16.6. The molecule has 0 aliphatic heterocycles. The van der Waals surface area contributed by atoms with Gasteiger partial charge in [0.05, 0.1) is 12.2 Å². The first-order chi connectivity index (χ1) is 20.5. The summed E-state index contributed by atoms with van der Waals surface area (Å²) in [6, 6.07) is 1.85. The Morgan fingerprint density at radius 3 is 1.42 bits per heavy atom. The van der Waals surface area contributed by atoms with Crippen LogP contribution in [0.2, 0.25) is 0 Å². The van der Waals surface area contributed by atoms with Crippen LogP contribution < -0.4 is 21.3 Å². The standard InChI is InChI=1S/C35H74N4O4/c1-26(2)16-11-12-20-41-33-31(25-39-30(9)10)24-32(40-21-13-17-36-27(3)4)34(42-22-14-18-37-28(5)6)35(33)43-23-15-19-38-29(7)8/h26-39H,11-25H2,1-10H3. The van der Waals surface area contributed by atoms with Crippen molar-refractivity contribution in [3.8, 4) is 0 Å². The number of unbranched alkanes of at least 4 members (excludes halogenated alkanes) is 1. The van der Waals surface area contributed by atoms with Gasteiger partial charge in [0.25, 0.3) is 0 Å². The van der Waals surface area contributed by atoms with Crippen LogP contribution in [0.15, 0.2) is 0 Å². The van der Waals surface area contributed by atoms with Gasteiger partial charge in [0.15, 0.2) is 0 Å². The zero-order valence-electron chi connectivity index (χ0n) is 30.0. The van der Waals surface area contributed by atoms with Gasteiger partial charge in [-0.1, -0.05) is 82.1 Å². The summed E-state index contributed by atoms with van der Waals surface area (Å²) in [5, 5.41) is 14.3. The second-order valence-corrected chi connectivity index (χ2v) is 14.3. The Balaban J connectivity index is 3.12. The smallest absolute Gasteiger partial charge is 0.113 e. The summed E-state index contributed by atoms with van der Waals surface area (Å²) < 4.78 is 26.9. The Labute approximate surface area is 267 Å². The first kappa shape index (κ1) is 40.7. The van der Waals surface area contributed by atoms with Gasteiger partial charge in [0, 0.05) is 63.1 Å². The minimum atomic E-state index is -0.159. The van der Waals surface area contributed by atoms with E-state index >= 15 is 0 Å². The number of rotatable bonds is 27. The Morgan fingerprint density at radius 2 is 0.930 bits per heavy atom. The Hall–Kier alpha value is -0.320. The summed E-state index contributed by atoms with van der Waals surface area (Å²) in [7, 11) is 0. The van der Waals surface area contributed by atoms with E-state index in [1.165, 1.54) is 12.8 Å². The van der Waals surface area contributed by atoms with E-state index in [1.54, 1.807) is 0 Å². The van der Waals surface area contributed by atoms with Crippen LogP contribution in [0.4, 0.5) is 0 Å². The number of ether oxygens (including phenoxy) is 4. The summed E-state index contributed by atoms with van der Waals surface area (Å²) >= 11 is 0. The van der Waals surface area contributed by atoms with Gasteiger partial charge in [0.2, 0.25) is 0 Å². The van der Waals surface area contributed by atoms with E-state index in [0.717, 1.165) is 77.4 Å². The molecule has 0 aromatic heterocycles. The quantitative estimate of drug-likeness (QED) is 0.0899. The molecule has 0 aromatic carbocycles. The van der Waals surface area contributed by atoms with Crippen LogP contribution in [0.1, 0.15) is 114 Å². The summed E-state index contributed by atoms with van der Waals surface area (Å²) in [5.41, 5.74) is 0. The van der Waals surface area contributed by atoms with Gasteiger partial charge >= 0.3 is 0 Å². The summed E-state index contributed by atoms with van der Waals surface area (Å²) in [6.07, 6.45) is 7.00. The average Bonchev–Trinajstić information content (AvgIpc) is 2.92. The molecule has 4 N–H and O–H groups in total. The summed E-state index contributed by atoms with van der Waals surface area (Å²) in [5.74, 6) is 1.03. The lowest BCUT2D eigenvalue weighted by Gasteiger charge is -2.46. The molecule has 5 unspecified atom stereocenters. The van der Waals surface area contributed by atoms with Crippen molar-refractivity contribution in [3.63, 3.8) is 0 Å². The van der Waals surface area contributed by atoms with Crippen LogP contribution >= 0.6 is 0 Å². The highest BCUT2D eigenvalue weighted by Gasteiger charge is 2.47. The first-order valence-electron chi connectivity index (χ1n) is 17.9. The molecule has 258 valence electrons. The van der Waals surface area contributed by atoms with Crippen molar-refractivity contribution < 1.29 is 18.9 Å². The van der Waals surface area contributed by atoms with Gasteiger partial charge in [-0.3, -0.25) is 0 Å². The maximum Gasteiger partial charge on any atom is 0.113 e. The number of hydrogen-bond donors (Lipinski definition) is 4. The van der Waals surface area contributed by atoms with Crippen molar-refractivity contribution in [2.45, 2.75) is 163 Å². The molecule has 8 heteroatoms. The molecular weight excluding hydrogens is 540 g/mol. The van der Waals surface area contributed by atoms with Crippen molar-refractivity contribution in [2.24, 2.45) is 11.8 Å². The zero-order chi connectivity index (χ0) is 32.0. The Kier molecular flexibility index (Phi) is 23.5. The Morgan fingerprint density at radius 1 is 0.488 bits per heavy atom. The summed E-state index contributed by atoms with van der Waals surface area (Å²) in [4.78, 5) is 0. The normalized spacial score (nSPS) is 23.1. The maximum absolute atomic E-state index is 6.79. The van der Waals surface area contributed by atoms with Gasteiger partial charge in [-0.2, -0.15) is 0 Å². The van der Waals surface area contributed by atoms with Crippen molar-refractivity contribution in [2.75, 3.05) is 52.6 Å². The van der Waals surface area contributed by atoms with Crippen LogP contribution in [0.25, 0.3) is 0 Å². The molecule has 0 bridgehead atoms. The third kappa shape index (κ3) is 20.4. The fourth-order valence-corrected chi connectivity index (χ4v) is 5.54. The van der Waals surface area contributed by atoms with Crippen molar-refractivity contribution >= 4 is 0 Å². The van der Waals surface area contributed by atoms with E-state index < -0.39 is 0 Å². The third-order valence-electron chi connectivity index (χ3n) is 7.86. The SMILES string of the molecule is CC(C)CCCCOC1C(CNC(C)C)CC(OCCCNC(C)C)C(OCCCNC(C)C)C1OCCCNC(C)C. The molecule has 0 heterocycles. The molecule has 1 saturated carbocycles. The monoisotopic (exact) mass is 615 g/mol. The second-order valence-electron chi connectivity index (χ2n) is 14.3. The first-order valence-corrected chi connectivity index (χ1v) is 17.9. The zero-order valence-corrected chi connectivity index (χ0v) is 30.0. The van der Waals surface area contributed by atoms with Crippen molar-refractivity contribution in [1.29, 1.82) is 0 Å². The highest BCUT2D eigenvalue weighted by molar-refractivity contribution is 4.97. The van der Waals surface area contributed by atoms with Crippen LogP contribution in [0.5, 0.6) is 0 Å². The van der Waals surface area contributed by atoms with E-state index in [-0.39, 0.29) is 24.4 Å². The number of nitrogens with one attached hydrogen (secondary N) is 4. The second kappa shape index (κ2) is 24.9. The van der Waals surface area contributed by atoms with Gasteiger partial charge < -0.3 is 40.2 Å². The van der Waals surface area contributed by atoms with E-state index in [2.05, 4.69) is 90.5 Å². The fourth-order valence-electron chi connectivity index (χ4n) is 5.54. The highest BCUT2D eigenvalue weighted by Crippen LogP contribution is 2.34. The minimum Gasteiger partial charge on any atom is -0.375 e. The minimum absolute atomic E-state index is 0.0179. The molecule has 0 amide bonds. The predicted molar refractivity (Wildman–Crippen MR) is 182 cm³/mol. The molecule has 0 saturated heterocycles. The average molecular weight is 615 g/mol. The van der Waals surface area contributed by atoms with Crippen LogP contribution in [-0.4, -0.2) is 101 Å². The van der Waals surface area contributed by atoms with E-state index in [0.29, 0.717) is 43.3 Å². The molecule has 0 spiro atoms. The molecule has 0 aromatic rings. The van der Waals surface area contributed by atoms with E-state index in [1.807, 2.05) is 0 Å². The molecule has 1 aliphatic rings. The van der Waals surface area contributed by atoms with Crippen LogP contribution in [0.3, 0.4) is 0 Å². The maximum atomic E-state index is 6.79. The van der Waals surface area contributed by atoms with Crippen LogP contribution in [-0.2, 0) is 18.9 Å². The molecule has 1 fully saturated rings. The lowest BCUT2D eigenvalue weighted by molar-refractivity contribution is -0.219. The molecule has 5 atom stereocenters. The van der Waals surface area contributed by atoms with Gasteiger partial charge in [-0.05, 0) is 57.7 Å². The Bertz CT molecular complexity index is 635. The van der Waals surface area contributed by atoms with Crippen molar-refractivity contribution in [1.82, 2.24) is 21.3 Å². The largest absolute Gasteiger partial charge is 0.375 e. The predicted octanol–water partition coefficient (Wildman–Crippen LogP) is 5.54. The van der Waals surface area contributed by atoms with E-state index in [9.17, 15) is 0 Å². The molecule has 1 rings (SSSR count). The van der Waals surface area contributed by atoms with Gasteiger partial charge in [-0.15, -0.1) is 0 Å².